The van der Waals surface area contributed by atoms with Crippen LogP contribution in [0.25, 0.3) is 0 Å². The van der Waals surface area contributed by atoms with Crippen LogP contribution in [0.2, 0.25) is 0 Å². The number of hydrogen-bond acceptors (Lipinski definition) is 5. The molecule has 0 aliphatic rings. The van der Waals surface area contributed by atoms with Crippen LogP contribution in [-0.2, 0) is 11.3 Å². The first-order valence-electron chi connectivity index (χ1n) is 7.59. The predicted octanol–water partition coefficient (Wildman–Crippen LogP) is 2.09. The smallest absolute Gasteiger partial charge is 0.320 e. The van der Waals surface area contributed by atoms with Gasteiger partial charge in [0.2, 0.25) is 0 Å². The Morgan fingerprint density at radius 1 is 1.21 bits per heavy atom. The van der Waals surface area contributed by atoms with Gasteiger partial charge in [0, 0.05) is 19.7 Å². The fourth-order valence-corrected chi connectivity index (χ4v) is 2.36. The number of nitrogens with one attached hydrogen (secondary N) is 2. The number of anilines is 1. The number of hydrogen-bond donors (Lipinski definition) is 3. The van der Waals surface area contributed by atoms with E-state index >= 15 is 0 Å². The van der Waals surface area contributed by atoms with Crippen molar-refractivity contribution >= 4 is 11.8 Å². The maximum absolute atomic E-state index is 11.9. The first kappa shape index (κ1) is 17.8. The van der Waals surface area contributed by atoms with Gasteiger partial charge in [-0.15, -0.1) is 0 Å². The third-order valence-electron chi connectivity index (χ3n) is 3.34. The molecule has 0 aliphatic heterocycles. The normalized spacial score (nSPS) is 11.8. The monoisotopic (exact) mass is 330 g/mol. The number of methoxy groups -OCH3 is 1. The van der Waals surface area contributed by atoms with E-state index in [0.717, 1.165) is 16.7 Å². The Morgan fingerprint density at radius 3 is 2.58 bits per heavy atom. The number of urea groups is 1. The average Bonchev–Trinajstić information content (AvgIpc) is 2.52. The highest BCUT2D eigenvalue weighted by atomic mass is 16.5. The van der Waals surface area contributed by atoms with Crippen LogP contribution in [0.5, 0.6) is 0 Å². The number of carbonyl (C=O) groups excluding carboxylic acids is 1. The Kier molecular flexibility index (Phi) is 6.22. The lowest BCUT2D eigenvalue weighted by Gasteiger charge is -2.14. The maximum Gasteiger partial charge on any atom is 0.320 e. The standard InChI is InChI=1S/C17H22N4O3/c1-11-4-12(2)6-13(5-11)15(22)8-18-17(23)21-16-7-14(9-24-3)19-10-20-16/h4-7,10,15,22H,8-9H2,1-3H3,(H2,18,19,20,21,23). The van der Waals surface area contributed by atoms with Crippen molar-refractivity contribution < 1.29 is 14.6 Å². The van der Waals surface area contributed by atoms with Crippen LogP contribution in [0.3, 0.4) is 0 Å². The van der Waals surface area contributed by atoms with Crippen LogP contribution in [-0.4, -0.2) is 34.8 Å². The molecule has 0 bridgehead atoms. The zero-order valence-electron chi connectivity index (χ0n) is 14.0. The first-order chi connectivity index (χ1) is 11.5. The number of carbonyl (C=O) groups is 1. The van der Waals surface area contributed by atoms with E-state index in [-0.39, 0.29) is 6.54 Å². The molecule has 0 fully saturated rings. The van der Waals surface area contributed by atoms with Crippen molar-refractivity contribution in [1.29, 1.82) is 0 Å². The van der Waals surface area contributed by atoms with Gasteiger partial charge in [-0.3, -0.25) is 5.32 Å². The van der Waals surface area contributed by atoms with E-state index in [9.17, 15) is 9.90 Å². The van der Waals surface area contributed by atoms with Crippen molar-refractivity contribution in [2.75, 3.05) is 19.0 Å². The molecular weight excluding hydrogens is 308 g/mol. The minimum absolute atomic E-state index is 0.102. The maximum atomic E-state index is 11.9. The van der Waals surface area contributed by atoms with E-state index in [1.165, 1.54) is 6.33 Å². The number of aryl methyl sites for hydroxylation is 2. The van der Waals surface area contributed by atoms with Gasteiger partial charge in [-0.05, 0) is 19.4 Å². The first-order valence-corrected chi connectivity index (χ1v) is 7.59. The van der Waals surface area contributed by atoms with Crippen molar-refractivity contribution in [3.8, 4) is 0 Å². The molecule has 1 unspecified atom stereocenters. The van der Waals surface area contributed by atoms with E-state index in [4.69, 9.17) is 4.74 Å². The van der Waals surface area contributed by atoms with Crippen molar-refractivity contribution in [3.63, 3.8) is 0 Å². The molecule has 1 aromatic heterocycles. The Labute approximate surface area is 141 Å². The van der Waals surface area contributed by atoms with Gasteiger partial charge in [0.05, 0.1) is 18.4 Å². The van der Waals surface area contributed by atoms with Gasteiger partial charge >= 0.3 is 6.03 Å². The second-order valence-electron chi connectivity index (χ2n) is 5.60. The molecule has 1 atom stereocenters. The summed E-state index contributed by atoms with van der Waals surface area (Å²) in [6.07, 6.45) is 0.581. The lowest BCUT2D eigenvalue weighted by Crippen LogP contribution is -2.32. The highest BCUT2D eigenvalue weighted by Gasteiger charge is 2.11. The van der Waals surface area contributed by atoms with E-state index in [1.807, 2.05) is 32.0 Å². The van der Waals surface area contributed by atoms with Gasteiger partial charge in [0.15, 0.2) is 0 Å². The van der Waals surface area contributed by atoms with Gasteiger partial charge in [-0.1, -0.05) is 29.3 Å². The summed E-state index contributed by atoms with van der Waals surface area (Å²) in [6, 6.07) is 7.02. The summed E-state index contributed by atoms with van der Waals surface area (Å²) in [6.45, 7) is 4.38. The van der Waals surface area contributed by atoms with E-state index < -0.39 is 12.1 Å². The molecule has 2 rings (SSSR count). The third kappa shape index (κ3) is 5.29. The van der Waals surface area contributed by atoms with Crippen molar-refractivity contribution in [2.24, 2.45) is 0 Å². The van der Waals surface area contributed by atoms with Crippen LogP contribution in [0.4, 0.5) is 10.6 Å². The summed E-state index contributed by atoms with van der Waals surface area (Å²) < 4.78 is 4.98. The van der Waals surface area contributed by atoms with Crippen LogP contribution in [0.15, 0.2) is 30.6 Å². The summed E-state index contributed by atoms with van der Waals surface area (Å²) in [5.41, 5.74) is 3.58. The molecule has 24 heavy (non-hydrogen) atoms. The molecule has 0 spiro atoms. The van der Waals surface area contributed by atoms with Crippen molar-refractivity contribution in [3.05, 3.63) is 53.0 Å². The molecule has 0 aliphatic carbocycles. The highest BCUT2D eigenvalue weighted by Crippen LogP contribution is 2.16. The summed E-state index contributed by atoms with van der Waals surface area (Å²) in [5.74, 6) is 0.371. The number of aliphatic hydroxyl groups excluding tert-OH is 1. The largest absolute Gasteiger partial charge is 0.387 e. The van der Waals surface area contributed by atoms with Gasteiger partial charge in [-0.25, -0.2) is 14.8 Å². The van der Waals surface area contributed by atoms with Gasteiger partial charge < -0.3 is 15.2 Å². The fourth-order valence-electron chi connectivity index (χ4n) is 2.36. The average molecular weight is 330 g/mol. The molecular formula is C17H22N4O3. The van der Waals surface area contributed by atoms with Crippen molar-refractivity contribution in [2.45, 2.75) is 26.6 Å². The number of aromatic nitrogens is 2. The number of aliphatic hydroxyl groups is 1. The van der Waals surface area contributed by atoms with E-state index in [0.29, 0.717) is 18.1 Å². The predicted molar refractivity (Wildman–Crippen MR) is 90.6 cm³/mol. The van der Waals surface area contributed by atoms with Gasteiger partial charge in [0.1, 0.15) is 12.1 Å². The number of benzene rings is 1. The lowest BCUT2D eigenvalue weighted by molar-refractivity contribution is 0.175. The Morgan fingerprint density at radius 2 is 1.92 bits per heavy atom. The number of ether oxygens (including phenoxy) is 1. The quantitative estimate of drug-likeness (QED) is 0.754. The van der Waals surface area contributed by atoms with Gasteiger partial charge in [0.25, 0.3) is 0 Å². The Bertz CT molecular complexity index is 686. The highest BCUT2D eigenvalue weighted by molar-refractivity contribution is 5.88. The molecule has 3 N–H and O–H groups in total. The molecule has 0 radical (unpaired) electrons. The molecule has 2 amide bonds. The van der Waals surface area contributed by atoms with E-state index in [2.05, 4.69) is 20.6 Å². The molecule has 0 saturated carbocycles. The zero-order chi connectivity index (χ0) is 17.5. The second kappa shape index (κ2) is 8.37. The third-order valence-corrected chi connectivity index (χ3v) is 3.34. The SMILES string of the molecule is COCc1cc(NC(=O)NCC(O)c2cc(C)cc(C)c2)ncn1. The molecule has 1 aromatic carbocycles. The van der Waals surface area contributed by atoms with Crippen LogP contribution < -0.4 is 10.6 Å². The van der Waals surface area contributed by atoms with Gasteiger partial charge in [-0.2, -0.15) is 0 Å². The summed E-state index contributed by atoms with van der Waals surface area (Å²) in [7, 11) is 1.57. The fraction of sp³-hybridized carbons (Fsp3) is 0.353. The zero-order valence-corrected chi connectivity index (χ0v) is 14.0. The van der Waals surface area contributed by atoms with Crippen molar-refractivity contribution in [1.82, 2.24) is 15.3 Å². The molecule has 0 saturated heterocycles. The molecule has 128 valence electrons. The number of nitrogens with zero attached hydrogens (tertiary/aromatic N) is 2. The number of amides is 2. The molecule has 2 aromatic rings. The minimum Gasteiger partial charge on any atom is -0.387 e. The Balaban J connectivity index is 1.89. The summed E-state index contributed by atoms with van der Waals surface area (Å²) >= 11 is 0. The van der Waals surface area contributed by atoms with E-state index in [1.54, 1.807) is 13.2 Å². The lowest BCUT2D eigenvalue weighted by atomic mass is 10.0. The topological polar surface area (TPSA) is 96.4 Å². The molecule has 7 heteroatoms. The van der Waals surface area contributed by atoms with Crippen LogP contribution in [0, 0.1) is 13.8 Å². The summed E-state index contributed by atoms with van der Waals surface area (Å²) in [4.78, 5) is 19.9. The molecule has 7 nitrogen and oxygen atoms in total. The number of rotatable bonds is 6. The summed E-state index contributed by atoms with van der Waals surface area (Å²) in [5, 5.41) is 15.4. The van der Waals surface area contributed by atoms with Crippen LogP contribution in [0.1, 0.15) is 28.5 Å². The molecule has 1 heterocycles. The van der Waals surface area contributed by atoms with Crippen LogP contribution >= 0.6 is 0 Å². The second-order valence-corrected chi connectivity index (χ2v) is 5.60. The minimum atomic E-state index is -0.774. The Hall–Kier alpha value is -2.51.